The minimum Gasteiger partial charge on any atom is -0.320 e. The number of aryl methyl sites for hydroxylation is 1. The van der Waals surface area contributed by atoms with Gasteiger partial charge < -0.3 is 4.90 Å². The van der Waals surface area contributed by atoms with Crippen molar-refractivity contribution in [3.8, 4) is 0 Å². The van der Waals surface area contributed by atoms with Gasteiger partial charge in [0.15, 0.2) is 0 Å². The highest BCUT2D eigenvalue weighted by atomic mass is 32.1. The molecule has 0 spiro atoms. The van der Waals surface area contributed by atoms with E-state index in [1.807, 2.05) is 4.90 Å². The van der Waals surface area contributed by atoms with Crippen molar-refractivity contribution in [2.75, 3.05) is 6.54 Å². The lowest BCUT2D eigenvalue weighted by Crippen LogP contribution is -2.34. The van der Waals surface area contributed by atoms with Crippen molar-refractivity contribution in [2.24, 2.45) is 11.8 Å². The standard InChI is InChI=1S/C16H26N2OS/c1-10(2)8-13-16(19)18(9-11(3)4)15(17-13)14-7-6-12(5)20-14/h6-7,10-11,13,15,17H,8-9H2,1-5H3. The fraction of sp³-hybridized carbons (Fsp3) is 0.688. The molecule has 0 bridgehead atoms. The SMILES string of the molecule is Cc1ccc(C2NC(CC(C)C)C(=O)N2CC(C)C)s1. The molecule has 1 aromatic rings. The summed E-state index contributed by atoms with van der Waals surface area (Å²) in [5.74, 6) is 1.28. The molecule has 1 saturated heterocycles. The van der Waals surface area contributed by atoms with Crippen LogP contribution in [0.4, 0.5) is 0 Å². The summed E-state index contributed by atoms with van der Waals surface area (Å²) in [6, 6.07) is 4.26. The fourth-order valence-corrected chi connectivity index (χ4v) is 3.70. The molecule has 112 valence electrons. The van der Waals surface area contributed by atoms with Crippen LogP contribution in [0, 0.1) is 18.8 Å². The van der Waals surface area contributed by atoms with Crippen molar-refractivity contribution in [2.45, 2.75) is 53.2 Å². The molecule has 4 heteroatoms. The number of nitrogens with zero attached hydrogens (tertiary/aromatic N) is 1. The highest BCUT2D eigenvalue weighted by molar-refractivity contribution is 7.12. The second-order valence-electron chi connectivity index (χ2n) is 6.58. The van der Waals surface area contributed by atoms with E-state index in [1.54, 1.807) is 11.3 Å². The third-order valence-corrected chi connectivity index (χ3v) is 4.60. The van der Waals surface area contributed by atoms with Crippen LogP contribution in [0.15, 0.2) is 12.1 Å². The Hall–Kier alpha value is -0.870. The van der Waals surface area contributed by atoms with Gasteiger partial charge in [0.2, 0.25) is 5.91 Å². The molecule has 3 nitrogen and oxygen atoms in total. The predicted molar refractivity (Wildman–Crippen MR) is 84.7 cm³/mol. The van der Waals surface area contributed by atoms with Crippen molar-refractivity contribution < 1.29 is 4.79 Å². The minimum atomic E-state index is -0.0267. The topological polar surface area (TPSA) is 32.3 Å². The first-order valence-electron chi connectivity index (χ1n) is 7.51. The normalized spacial score (nSPS) is 23.4. The van der Waals surface area contributed by atoms with Crippen LogP contribution in [0.2, 0.25) is 0 Å². The molecular formula is C16H26N2OS. The Morgan fingerprint density at radius 2 is 1.95 bits per heavy atom. The van der Waals surface area contributed by atoms with E-state index in [2.05, 4.69) is 52.1 Å². The summed E-state index contributed by atoms with van der Waals surface area (Å²) in [7, 11) is 0. The second kappa shape index (κ2) is 6.27. The number of amides is 1. The average Bonchev–Trinajstić information content (AvgIpc) is 2.87. The van der Waals surface area contributed by atoms with E-state index in [0.717, 1.165) is 13.0 Å². The second-order valence-corrected chi connectivity index (χ2v) is 7.90. The minimum absolute atomic E-state index is 0.0267. The van der Waals surface area contributed by atoms with Crippen LogP contribution in [0.3, 0.4) is 0 Å². The summed E-state index contributed by atoms with van der Waals surface area (Å²) in [4.78, 5) is 17.2. The van der Waals surface area contributed by atoms with Gasteiger partial charge in [-0.1, -0.05) is 27.7 Å². The zero-order chi connectivity index (χ0) is 14.9. The molecule has 1 amide bonds. The third-order valence-electron chi connectivity index (χ3n) is 3.55. The van der Waals surface area contributed by atoms with Crippen LogP contribution in [-0.4, -0.2) is 23.4 Å². The van der Waals surface area contributed by atoms with E-state index in [0.29, 0.717) is 11.8 Å². The molecule has 2 unspecified atom stereocenters. The Labute approximate surface area is 126 Å². The van der Waals surface area contributed by atoms with E-state index in [9.17, 15) is 4.79 Å². The quantitative estimate of drug-likeness (QED) is 0.900. The molecule has 1 aliphatic rings. The molecule has 2 heterocycles. The monoisotopic (exact) mass is 294 g/mol. The van der Waals surface area contributed by atoms with Gasteiger partial charge in [0.05, 0.1) is 6.04 Å². The highest BCUT2D eigenvalue weighted by Crippen LogP contribution is 2.32. The number of carbonyl (C=O) groups is 1. The summed E-state index contributed by atoms with van der Waals surface area (Å²) >= 11 is 1.78. The Balaban J connectivity index is 2.21. The molecule has 2 atom stereocenters. The third kappa shape index (κ3) is 3.41. The summed E-state index contributed by atoms with van der Waals surface area (Å²) in [6.45, 7) is 11.6. The molecule has 1 fully saturated rings. The first-order valence-corrected chi connectivity index (χ1v) is 8.33. The maximum absolute atomic E-state index is 12.6. The first kappa shape index (κ1) is 15.5. The van der Waals surface area contributed by atoms with Crippen molar-refractivity contribution in [1.82, 2.24) is 10.2 Å². The number of nitrogens with one attached hydrogen (secondary N) is 1. The Kier molecular flexibility index (Phi) is 4.86. The predicted octanol–water partition coefficient (Wildman–Crippen LogP) is 3.56. The number of carbonyl (C=O) groups excluding carboxylic acids is 1. The zero-order valence-corrected chi connectivity index (χ0v) is 14.0. The molecular weight excluding hydrogens is 268 g/mol. The Morgan fingerprint density at radius 3 is 2.45 bits per heavy atom. The van der Waals surface area contributed by atoms with Crippen LogP contribution in [-0.2, 0) is 4.79 Å². The van der Waals surface area contributed by atoms with Gasteiger partial charge in [-0.2, -0.15) is 0 Å². The van der Waals surface area contributed by atoms with Crippen LogP contribution < -0.4 is 5.32 Å². The van der Waals surface area contributed by atoms with Gasteiger partial charge in [-0.15, -0.1) is 11.3 Å². The zero-order valence-electron chi connectivity index (χ0n) is 13.1. The van der Waals surface area contributed by atoms with Crippen LogP contribution in [0.1, 0.15) is 50.0 Å². The van der Waals surface area contributed by atoms with Crippen molar-refractivity contribution in [3.63, 3.8) is 0 Å². The van der Waals surface area contributed by atoms with E-state index in [1.165, 1.54) is 9.75 Å². The van der Waals surface area contributed by atoms with E-state index >= 15 is 0 Å². The van der Waals surface area contributed by atoms with E-state index in [-0.39, 0.29) is 18.1 Å². The molecule has 2 rings (SSSR count). The number of thiophene rings is 1. The van der Waals surface area contributed by atoms with Gasteiger partial charge in [0.1, 0.15) is 6.17 Å². The maximum Gasteiger partial charge on any atom is 0.241 e. The van der Waals surface area contributed by atoms with Gasteiger partial charge in [-0.25, -0.2) is 0 Å². The number of hydrogen-bond donors (Lipinski definition) is 1. The van der Waals surface area contributed by atoms with Crippen LogP contribution >= 0.6 is 11.3 Å². The van der Waals surface area contributed by atoms with Crippen molar-refractivity contribution >= 4 is 17.2 Å². The molecule has 0 radical (unpaired) electrons. The smallest absolute Gasteiger partial charge is 0.241 e. The molecule has 0 aliphatic carbocycles. The lowest BCUT2D eigenvalue weighted by Gasteiger charge is -2.25. The van der Waals surface area contributed by atoms with Crippen LogP contribution in [0.5, 0.6) is 0 Å². The summed E-state index contributed by atoms with van der Waals surface area (Å²) in [5, 5.41) is 3.54. The summed E-state index contributed by atoms with van der Waals surface area (Å²) < 4.78 is 0. The first-order chi connectivity index (χ1) is 9.38. The lowest BCUT2D eigenvalue weighted by atomic mass is 10.0. The van der Waals surface area contributed by atoms with Crippen molar-refractivity contribution in [1.29, 1.82) is 0 Å². The highest BCUT2D eigenvalue weighted by Gasteiger charge is 2.40. The maximum atomic E-state index is 12.6. The van der Waals surface area contributed by atoms with Gasteiger partial charge in [0.25, 0.3) is 0 Å². The van der Waals surface area contributed by atoms with Gasteiger partial charge in [-0.05, 0) is 37.3 Å². The van der Waals surface area contributed by atoms with E-state index < -0.39 is 0 Å². The number of rotatable bonds is 5. The molecule has 20 heavy (non-hydrogen) atoms. The average molecular weight is 294 g/mol. The summed E-state index contributed by atoms with van der Waals surface area (Å²) in [5.41, 5.74) is 0. The fourth-order valence-electron chi connectivity index (χ4n) is 2.74. The lowest BCUT2D eigenvalue weighted by molar-refractivity contribution is -0.130. The van der Waals surface area contributed by atoms with Gasteiger partial charge in [0, 0.05) is 16.3 Å². The largest absolute Gasteiger partial charge is 0.320 e. The van der Waals surface area contributed by atoms with Crippen molar-refractivity contribution in [3.05, 3.63) is 21.9 Å². The molecule has 0 aromatic carbocycles. The Bertz CT molecular complexity index is 467. The molecule has 1 aliphatic heterocycles. The number of hydrogen-bond acceptors (Lipinski definition) is 3. The van der Waals surface area contributed by atoms with E-state index in [4.69, 9.17) is 0 Å². The molecule has 1 N–H and O–H groups in total. The van der Waals surface area contributed by atoms with Gasteiger partial charge >= 0.3 is 0 Å². The molecule has 0 saturated carbocycles. The van der Waals surface area contributed by atoms with Crippen LogP contribution in [0.25, 0.3) is 0 Å². The van der Waals surface area contributed by atoms with Gasteiger partial charge in [-0.3, -0.25) is 10.1 Å². The summed E-state index contributed by atoms with van der Waals surface area (Å²) in [6.07, 6.45) is 0.973. The Morgan fingerprint density at radius 1 is 1.25 bits per heavy atom. The molecule has 1 aromatic heterocycles.